The van der Waals surface area contributed by atoms with Gasteiger partial charge in [0.1, 0.15) is 5.69 Å². The van der Waals surface area contributed by atoms with E-state index in [0.717, 1.165) is 22.2 Å². The van der Waals surface area contributed by atoms with Gasteiger partial charge in [-0.2, -0.15) is 0 Å². The summed E-state index contributed by atoms with van der Waals surface area (Å²) in [4.78, 5) is 21.9. The number of aromatic nitrogens is 2. The minimum Gasteiger partial charge on any atom is -0.493 e. The van der Waals surface area contributed by atoms with Gasteiger partial charge in [0, 0.05) is 0 Å². The fraction of sp³-hybridized carbons (Fsp3) is 0.261. The number of methoxy groups -OCH3 is 3. The van der Waals surface area contributed by atoms with E-state index in [2.05, 4.69) is 9.97 Å². The third kappa shape index (κ3) is 4.06. The molecule has 150 valence electrons. The second kappa shape index (κ2) is 8.31. The quantitative estimate of drug-likeness (QED) is 0.455. The Morgan fingerprint density at radius 3 is 1.90 bits per heavy atom. The highest BCUT2D eigenvalue weighted by atomic mass is 16.5. The van der Waals surface area contributed by atoms with Gasteiger partial charge >= 0.3 is 0 Å². The Labute approximate surface area is 170 Å². The van der Waals surface area contributed by atoms with Crippen LogP contribution < -0.4 is 14.2 Å². The van der Waals surface area contributed by atoms with Crippen molar-refractivity contribution < 1.29 is 19.0 Å². The van der Waals surface area contributed by atoms with E-state index < -0.39 is 0 Å². The van der Waals surface area contributed by atoms with Crippen LogP contribution in [0.2, 0.25) is 0 Å². The van der Waals surface area contributed by atoms with E-state index in [1.165, 1.54) is 6.08 Å². The lowest BCUT2D eigenvalue weighted by molar-refractivity contribution is 0.104. The second-order valence-electron chi connectivity index (χ2n) is 6.74. The van der Waals surface area contributed by atoms with E-state index in [1.807, 2.05) is 26.0 Å². The molecule has 1 heterocycles. The van der Waals surface area contributed by atoms with E-state index in [0.29, 0.717) is 34.2 Å². The molecule has 29 heavy (non-hydrogen) atoms. The number of ketones is 1. The number of hydrogen-bond acceptors (Lipinski definition) is 6. The van der Waals surface area contributed by atoms with Crippen molar-refractivity contribution in [2.75, 3.05) is 21.3 Å². The molecule has 1 aromatic heterocycles. The summed E-state index contributed by atoms with van der Waals surface area (Å²) in [6.07, 6.45) is 3.17. The summed E-state index contributed by atoms with van der Waals surface area (Å²) in [7, 11) is 4.64. The number of aryl methyl sites for hydroxylation is 3. The van der Waals surface area contributed by atoms with Crippen molar-refractivity contribution in [3.05, 3.63) is 58.4 Å². The molecule has 0 amide bonds. The van der Waals surface area contributed by atoms with Crippen LogP contribution in [0.3, 0.4) is 0 Å². The maximum Gasteiger partial charge on any atom is 0.206 e. The molecule has 0 radical (unpaired) electrons. The maximum absolute atomic E-state index is 12.8. The number of fused-ring (bicyclic) bond motifs is 1. The van der Waals surface area contributed by atoms with Gasteiger partial charge in [-0.15, -0.1) is 0 Å². The molecule has 0 saturated carbocycles. The summed E-state index contributed by atoms with van der Waals surface area (Å²) in [5, 5.41) is 0. The Morgan fingerprint density at radius 1 is 0.828 bits per heavy atom. The molecule has 0 spiro atoms. The van der Waals surface area contributed by atoms with Gasteiger partial charge in [0.2, 0.25) is 11.5 Å². The smallest absolute Gasteiger partial charge is 0.206 e. The van der Waals surface area contributed by atoms with Crippen LogP contribution in [-0.2, 0) is 0 Å². The standard InChI is InChI=1S/C23H24N2O4/c1-13-9-17-18(10-14(13)2)25-22(15(3)24-17)19(26)8-7-16-11-20(27-4)23(29-6)21(12-16)28-5/h7-12H,1-6H3. The molecule has 6 nitrogen and oxygen atoms in total. The Balaban J connectivity index is 1.97. The summed E-state index contributed by atoms with van der Waals surface area (Å²) in [6, 6.07) is 7.49. The molecule has 0 aliphatic carbocycles. The van der Waals surface area contributed by atoms with Crippen molar-refractivity contribution >= 4 is 22.9 Å². The third-order valence-corrected chi connectivity index (χ3v) is 4.80. The number of ether oxygens (including phenoxy) is 3. The second-order valence-corrected chi connectivity index (χ2v) is 6.74. The molecule has 0 aliphatic rings. The third-order valence-electron chi connectivity index (χ3n) is 4.80. The average molecular weight is 392 g/mol. The predicted molar refractivity (Wildman–Crippen MR) is 113 cm³/mol. The molecular weight excluding hydrogens is 368 g/mol. The highest BCUT2D eigenvalue weighted by Gasteiger charge is 2.14. The molecule has 0 fully saturated rings. The number of rotatable bonds is 6. The van der Waals surface area contributed by atoms with Crippen molar-refractivity contribution in [2.45, 2.75) is 20.8 Å². The molecule has 3 rings (SSSR count). The maximum atomic E-state index is 12.8. The van der Waals surface area contributed by atoms with Crippen LogP contribution in [0.15, 0.2) is 30.3 Å². The largest absolute Gasteiger partial charge is 0.493 e. The molecule has 0 N–H and O–H groups in total. The lowest BCUT2D eigenvalue weighted by Gasteiger charge is -2.12. The van der Waals surface area contributed by atoms with Gasteiger partial charge in [0.05, 0.1) is 38.1 Å². The van der Waals surface area contributed by atoms with E-state index >= 15 is 0 Å². The molecule has 0 bridgehead atoms. The van der Waals surface area contributed by atoms with Crippen LogP contribution in [0.1, 0.15) is 32.9 Å². The molecule has 0 atom stereocenters. The SMILES string of the molecule is COc1cc(C=CC(=O)c2nc3cc(C)c(C)cc3nc2C)cc(OC)c1OC. The summed E-state index contributed by atoms with van der Waals surface area (Å²) in [5.41, 5.74) is 5.43. The first-order valence-electron chi connectivity index (χ1n) is 9.16. The predicted octanol–water partition coefficient (Wildman–Crippen LogP) is 4.48. The zero-order chi connectivity index (χ0) is 21.1. The highest BCUT2D eigenvalue weighted by Crippen LogP contribution is 2.38. The molecular formula is C23H24N2O4. The summed E-state index contributed by atoms with van der Waals surface area (Å²) in [5.74, 6) is 1.32. The topological polar surface area (TPSA) is 70.5 Å². The number of carbonyl (C=O) groups excluding carboxylic acids is 1. The number of hydrogen-bond donors (Lipinski definition) is 0. The number of carbonyl (C=O) groups is 1. The van der Waals surface area contributed by atoms with Crippen molar-refractivity contribution in [1.29, 1.82) is 0 Å². The number of allylic oxidation sites excluding steroid dienone is 1. The summed E-state index contributed by atoms with van der Waals surface area (Å²) in [6.45, 7) is 5.84. The van der Waals surface area contributed by atoms with Crippen molar-refractivity contribution in [2.24, 2.45) is 0 Å². The Morgan fingerprint density at radius 2 is 1.38 bits per heavy atom. The monoisotopic (exact) mass is 392 g/mol. The van der Waals surface area contributed by atoms with Gasteiger partial charge in [0.25, 0.3) is 0 Å². The van der Waals surface area contributed by atoms with Crippen molar-refractivity contribution in [3.63, 3.8) is 0 Å². The van der Waals surface area contributed by atoms with Gasteiger partial charge in [-0.05, 0) is 67.8 Å². The van der Waals surface area contributed by atoms with Crippen LogP contribution in [0.4, 0.5) is 0 Å². The zero-order valence-electron chi connectivity index (χ0n) is 17.5. The fourth-order valence-electron chi connectivity index (χ4n) is 3.08. The molecule has 0 unspecified atom stereocenters. The Kier molecular flexibility index (Phi) is 5.82. The number of benzene rings is 2. The first-order chi connectivity index (χ1) is 13.9. The van der Waals surface area contributed by atoms with Gasteiger partial charge < -0.3 is 14.2 Å². The lowest BCUT2D eigenvalue weighted by Crippen LogP contribution is -2.05. The van der Waals surface area contributed by atoms with E-state index in [1.54, 1.807) is 46.5 Å². The minimum absolute atomic E-state index is 0.219. The number of nitrogens with zero attached hydrogens (tertiary/aromatic N) is 2. The van der Waals surface area contributed by atoms with Crippen LogP contribution in [0, 0.1) is 20.8 Å². The molecule has 2 aromatic carbocycles. The van der Waals surface area contributed by atoms with Crippen LogP contribution >= 0.6 is 0 Å². The average Bonchev–Trinajstić information content (AvgIpc) is 2.71. The van der Waals surface area contributed by atoms with Crippen LogP contribution in [0.5, 0.6) is 17.2 Å². The van der Waals surface area contributed by atoms with Gasteiger partial charge in [-0.3, -0.25) is 4.79 Å². The van der Waals surface area contributed by atoms with E-state index in [-0.39, 0.29) is 5.78 Å². The van der Waals surface area contributed by atoms with E-state index in [9.17, 15) is 4.79 Å². The molecule has 0 saturated heterocycles. The molecule has 6 heteroatoms. The Hall–Kier alpha value is -3.41. The Bertz CT molecular complexity index is 1090. The van der Waals surface area contributed by atoms with E-state index in [4.69, 9.17) is 14.2 Å². The molecule has 0 aliphatic heterocycles. The summed E-state index contributed by atoms with van der Waals surface area (Å²) >= 11 is 0. The van der Waals surface area contributed by atoms with Crippen LogP contribution in [0.25, 0.3) is 17.1 Å². The van der Waals surface area contributed by atoms with Gasteiger partial charge in [-0.25, -0.2) is 9.97 Å². The van der Waals surface area contributed by atoms with Crippen molar-refractivity contribution in [3.8, 4) is 17.2 Å². The minimum atomic E-state index is -0.219. The lowest BCUT2D eigenvalue weighted by atomic mass is 10.1. The summed E-state index contributed by atoms with van der Waals surface area (Å²) < 4.78 is 16.0. The molecule has 3 aromatic rings. The highest BCUT2D eigenvalue weighted by molar-refractivity contribution is 6.07. The zero-order valence-corrected chi connectivity index (χ0v) is 17.5. The fourth-order valence-corrected chi connectivity index (χ4v) is 3.08. The first-order valence-corrected chi connectivity index (χ1v) is 9.16. The van der Waals surface area contributed by atoms with Crippen LogP contribution in [-0.4, -0.2) is 37.1 Å². The van der Waals surface area contributed by atoms with Gasteiger partial charge in [-0.1, -0.05) is 6.08 Å². The van der Waals surface area contributed by atoms with Crippen molar-refractivity contribution in [1.82, 2.24) is 9.97 Å². The van der Waals surface area contributed by atoms with Gasteiger partial charge in [0.15, 0.2) is 11.5 Å². The first kappa shape index (κ1) is 20.3. The normalized spacial score (nSPS) is 11.1.